The van der Waals surface area contributed by atoms with Crippen molar-refractivity contribution in [2.45, 2.75) is 100 Å². The lowest BCUT2D eigenvalue weighted by Gasteiger charge is -2.59. The van der Waals surface area contributed by atoms with Crippen molar-refractivity contribution < 1.29 is 38.8 Å². The number of methoxy groups -OCH3 is 1. The first-order valence-electron chi connectivity index (χ1n) is 20.9. The van der Waals surface area contributed by atoms with Crippen molar-refractivity contribution in [2.24, 2.45) is 22.9 Å². The molecule has 1 heterocycles. The molecule has 0 spiro atoms. The summed E-state index contributed by atoms with van der Waals surface area (Å²) in [5.41, 5.74) is 3.01. The van der Waals surface area contributed by atoms with E-state index in [1.165, 1.54) is 0 Å². The highest BCUT2D eigenvalue weighted by Gasteiger charge is 2.65. The third-order valence-electron chi connectivity index (χ3n) is 11.7. The van der Waals surface area contributed by atoms with Gasteiger partial charge in [-0.2, -0.15) is 0 Å². The molecule has 59 heavy (non-hydrogen) atoms. The summed E-state index contributed by atoms with van der Waals surface area (Å²) in [6, 6.07) is 21.0. The number of amides is 1. The van der Waals surface area contributed by atoms with Crippen LogP contribution in [0.5, 0.6) is 23.0 Å². The predicted octanol–water partition coefficient (Wildman–Crippen LogP) is 9.34. The summed E-state index contributed by atoms with van der Waals surface area (Å²) >= 11 is 1.68. The molecule has 2 aliphatic carbocycles. The van der Waals surface area contributed by atoms with Crippen molar-refractivity contribution in [1.82, 2.24) is 4.90 Å². The number of oxime groups is 1. The summed E-state index contributed by atoms with van der Waals surface area (Å²) in [7, 11) is 3.45. The molecule has 6 unspecified atom stereocenters. The number of nitrogens with zero attached hydrogens (tertiary/aromatic N) is 2. The van der Waals surface area contributed by atoms with Gasteiger partial charge in [0.05, 0.1) is 31.8 Å². The van der Waals surface area contributed by atoms with Gasteiger partial charge in [0.15, 0.2) is 0 Å². The van der Waals surface area contributed by atoms with Gasteiger partial charge >= 0.3 is 0 Å². The van der Waals surface area contributed by atoms with E-state index >= 15 is 0 Å². The van der Waals surface area contributed by atoms with E-state index in [9.17, 15) is 15.0 Å². The molecule has 3 aromatic rings. The molecular formula is C48H62N2O8S. The van der Waals surface area contributed by atoms with Crippen molar-refractivity contribution >= 4 is 23.4 Å². The molecule has 6 atom stereocenters. The Morgan fingerprint density at radius 3 is 2.41 bits per heavy atom. The summed E-state index contributed by atoms with van der Waals surface area (Å²) in [5.74, 6) is 0.987. The second kappa shape index (κ2) is 19.8. The zero-order chi connectivity index (χ0) is 42.2. The third kappa shape index (κ3) is 10.2. The first-order valence-corrected chi connectivity index (χ1v) is 22.1. The van der Waals surface area contributed by atoms with Gasteiger partial charge in [-0.05, 0) is 130 Å². The second-order valence-corrected chi connectivity index (χ2v) is 17.7. The number of likely N-dealkylation sites (N-methyl/N-ethyl adjacent to an activating group) is 1. The number of carbonyl (C=O) groups is 1. The molecule has 0 bridgehead atoms. The van der Waals surface area contributed by atoms with Crippen LogP contribution in [0.4, 0.5) is 0 Å². The fourth-order valence-electron chi connectivity index (χ4n) is 9.02. The molecule has 3 aromatic carbocycles. The van der Waals surface area contributed by atoms with Crippen LogP contribution in [0.3, 0.4) is 0 Å². The quantitative estimate of drug-likeness (QED) is 0.0528. The zero-order valence-electron chi connectivity index (χ0n) is 35.5. The summed E-state index contributed by atoms with van der Waals surface area (Å²) in [4.78, 5) is 23.7. The van der Waals surface area contributed by atoms with Gasteiger partial charge in [-0.15, -0.1) is 18.3 Å². The van der Waals surface area contributed by atoms with Crippen LogP contribution in [0, 0.1) is 17.8 Å². The number of hydrogen-bond donors (Lipinski definition) is 2. The molecule has 1 fully saturated rings. The highest BCUT2D eigenvalue weighted by Crippen LogP contribution is 2.62. The highest BCUT2D eigenvalue weighted by atomic mass is 32.2. The van der Waals surface area contributed by atoms with Gasteiger partial charge in [0.1, 0.15) is 34.6 Å². The maximum atomic E-state index is 14.5. The molecule has 6 rings (SSSR count). The number of rotatable bonds is 19. The molecule has 318 valence electrons. The number of aliphatic hydroxyl groups excluding tert-OH is 2. The van der Waals surface area contributed by atoms with Gasteiger partial charge in [-0.25, -0.2) is 0 Å². The van der Waals surface area contributed by atoms with Crippen LogP contribution >= 0.6 is 11.8 Å². The zero-order valence-corrected chi connectivity index (χ0v) is 36.3. The highest BCUT2D eigenvalue weighted by molar-refractivity contribution is 7.98. The summed E-state index contributed by atoms with van der Waals surface area (Å²) in [6.07, 6.45) is 11.4. The van der Waals surface area contributed by atoms with Crippen LogP contribution in [0.2, 0.25) is 0 Å². The molecule has 3 aliphatic rings. The van der Waals surface area contributed by atoms with Gasteiger partial charge in [-0.3, -0.25) is 4.79 Å². The fraction of sp³-hybridized carbons (Fsp3) is 0.500. The first kappa shape index (κ1) is 44.3. The summed E-state index contributed by atoms with van der Waals surface area (Å²) < 4.78 is 26.4. The Balaban J connectivity index is 1.55. The maximum Gasteiger partial charge on any atom is 0.239 e. The second-order valence-electron chi connectivity index (χ2n) is 16.8. The fourth-order valence-corrected chi connectivity index (χ4v) is 9.43. The molecule has 0 radical (unpaired) electrons. The van der Waals surface area contributed by atoms with Gasteiger partial charge in [0, 0.05) is 43.1 Å². The lowest BCUT2D eigenvalue weighted by Crippen LogP contribution is -2.69. The molecule has 1 amide bonds. The average molecular weight is 827 g/mol. The van der Waals surface area contributed by atoms with Crippen molar-refractivity contribution in [3.63, 3.8) is 0 Å². The van der Waals surface area contributed by atoms with Crippen LogP contribution < -0.4 is 14.2 Å². The van der Waals surface area contributed by atoms with Crippen LogP contribution in [0.1, 0.15) is 82.8 Å². The molecule has 0 saturated heterocycles. The number of unbranched alkanes of at least 4 members (excludes halogenated alkanes) is 2. The molecule has 1 aliphatic heterocycles. The lowest BCUT2D eigenvalue weighted by molar-refractivity contribution is -0.255. The van der Waals surface area contributed by atoms with Crippen molar-refractivity contribution in [3.8, 4) is 23.0 Å². The number of aliphatic hydroxyl groups is 2. The van der Waals surface area contributed by atoms with Crippen LogP contribution in [0.25, 0.3) is 0 Å². The number of hydrogen-bond acceptors (Lipinski definition) is 10. The summed E-state index contributed by atoms with van der Waals surface area (Å²) in [6.45, 7) is 10.4. The molecule has 10 nitrogen and oxygen atoms in total. The van der Waals surface area contributed by atoms with E-state index in [-0.39, 0.29) is 49.9 Å². The van der Waals surface area contributed by atoms with Gasteiger partial charge < -0.3 is 38.9 Å². The minimum absolute atomic E-state index is 0.0980. The van der Waals surface area contributed by atoms with E-state index < -0.39 is 23.3 Å². The largest absolute Gasteiger partial charge is 0.497 e. The van der Waals surface area contributed by atoms with Crippen LogP contribution in [0.15, 0.2) is 101 Å². The number of thioether (sulfide) groups is 1. The average Bonchev–Trinajstić information content (AvgIpc) is 3.23. The van der Waals surface area contributed by atoms with Crippen molar-refractivity contribution in [3.05, 3.63) is 102 Å². The number of carbonyl (C=O) groups excluding carboxylic acids is 1. The van der Waals surface area contributed by atoms with Gasteiger partial charge in [0.25, 0.3) is 0 Å². The Morgan fingerprint density at radius 1 is 1.00 bits per heavy atom. The topological polar surface area (TPSA) is 119 Å². The monoisotopic (exact) mass is 826 g/mol. The van der Waals surface area contributed by atoms with Gasteiger partial charge in [0.2, 0.25) is 11.7 Å². The minimum Gasteiger partial charge on any atom is -0.497 e. The Labute approximate surface area is 354 Å². The normalized spacial score (nSPS) is 24.0. The third-order valence-corrected chi connectivity index (χ3v) is 12.5. The van der Waals surface area contributed by atoms with E-state index in [2.05, 4.69) is 25.0 Å². The predicted molar refractivity (Wildman–Crippen MR) is 234 cm³/mol. The lowest BCUT2D eigenvalue weighted by atomic mass is 9.55. The maximum absolute atomic E-state index is 14.5. The SMILES string of the molecule is C=CCOC12Oc3ccc(Oc4ccc(SC)cc4)cc3C3C(CCCCO)C(CCCCO)C=C(C(=NOC(C)(C)C)CC1N(C)C(=O)Cc1cccc(OC)c1)C32. The Hall–Kier alpha value is -4.29. The Bertz CT molecular complexity index is 1960. The van der Waals surface area contributed by atoms with Gasteiger partial charge in [-0.1, -0.05) is 42.3 Å². The van der Waals surface area contributed by atoms with E-state index in [1.807, 2.05) is 88.5 Å². The molecule has 0 aromatic heterocycles. The molecule has 11 heteroatoms. The number of fused-ring (bicyclic) bond motifs is 2. The number of ether oxygens (including phenoxy) is 4. The van der Waals surface area contributed by atoms with Crippen molar-refractivity contribution in [2.75, 3.05) is 40.2 Å². The Kier molecular flexibility index (Phi) is 14.9. The number of allylic oxidation sites excluding steroid dienone is 1. The van der Waals surface area contributed by atoms with Crippen molar-refractivity contribution in [1.29, 1.82) is 0 Å². The first-order chi connectivity index (χ1) is 28.4. The van der Waals surface area contributed by atoms with E-state index in [4.69, 9.17) is 28.9 Å². The minimum atomic E-state index is -1.33. The van der Waals surface area contributed by atoms with Crippen LogP contribution in [-0.4, -0.2) is 84.4 Å². The van der Waals surface area contributed by atoms with Crippen LogP contribution in [-0.2, 0) is 20.8 Å². The number of benzene rings is 3. The molecule has 2 N–H and O–H groups in total. The molecular weight excluding hydrogens is 765 g/mol. The van der Waals surface area contributed by atoms with E-state index in [0.29, 0.717) is 36.5 Å². The summed E-state index contributed by atoms with van der Waals surface area (Å²) in [5, 5.41) is 24.7. The van der Waals surface area contributed by atoms with E-state index in [1.54, 1.807) is 29.8 Å². The van der Waals surface area contributed by atoms with E-state index in [0.717, 1.165) is 58.7 Å². The Morgan fingerprint density at radius 2 is 1.73 bits per heavy atom. The smallest absolute Gasteiger partial charge is 0.239 e. The molecule has 1 saturated carbocycles. The standard InChI is InChI=1S/C48H62N2O8S/c1-8-26-55-48-43(50(5)44(53)28-32-14-13-16-35(27-32)54-6)31-41(49-58-47(2,3)4)39-29-33(15-9-11-24-51)38(17-10-12-25-52)45(46(39)48)40-30-36(20-23-42(40)57-48)56-34-18-21-37(59-7)22-19-34/h8,13-14,16,18-23,27,29-30,33,38,43,45-46,51-52H,1,9-12,15,17,24-26,28,31H2,2-7H3.